The van der Waals surface area contributed by atoms with E-state index in [1.54, 1.807) is 29.5 Å². The topological polar surface area (TPSA) is 61.4 Å². The number of fused-ring (bicyclic) bond motifs is 1. The fourth-order valence-electron chi connectivity index (χ4n) is 2.15. The van der Waals surface area contributed by atoms with Gasteiger partial charge in [-0.3, -0.25) is 0 Å². The van der Waals surface area contributed by atoms with Gasteiger partial charge in [-0.05, 0) is 23.6 Å². The molecule has 2 aromatic carbocycles. The van der Waals surface area contributed by atoms with Crippen molar-refractivity contribution in [3.8, 4) is 5.75 Å². The second kappa shape index (κ2) is 5.85. The lowest BCUT2D eigenvalue weighted by Gasteiger charge is -2.10. The van der Waals surface area contributed by atoms with Gasteiger partial charge < -0.3 is 15.7 Å². The summed E-state index contributed by atoms with van der Waals surface area (Å²) in [6, 6.07) is 14.3. The predicted octanol–water partition coefficient (Wildman–Crippen LogP) is 3.93. The van der Waals surface area contributed by atoms with Gasteiger partial charge in [-0.2, -0.15) is 0 Å². The first-order valence-electron chi connectivity index (χ1n) is 6.52. The van der Waals surface area contributed by atoms with Crippen LogP contribution in [0.4, 0.5) is 10.5 Å². The molecule has 0 spiro atoms. The van der Waals surface area contributed by atoms with Gasteiger partial charge in [0.2, 0.25) is 0 Å². The zero-order valence-corrected chi connectivity index (χ0v) is 12.0. The van der Waals surface area contributed by atoms with Crippen molar-refractivity contribution in [2.45, 2.75) is 6.54 Å². The Hall–Kier alpha value is -2.53. The molecule has 3 N–H and O–H groups in total. The van der Waals surface area contributed by atoms with Crippen LogP contribution < -0.4 is 10.6 Å². The normalized spacial score (nSPS) is 10.5. The number of benzene rings is 2. The lowest BCUT2D eigenvalue weighted by molar-refractivity contribution is 0.252. The van der Waals surface area contributed by atoms with Crippen LogP contribution >= 0.6 is 11.3 Å². The summed E-state index contributed by atoms with van der Waals surface area (Å²) in [6.07, 6.45) is 0. The molecule has 3 aromatic rings. The van der Waals surface area contributed by atoms with Crippen LogP contribution in [0.25, 0.3) is 10.8 Å². The van der Waals surface area contributed by atoms with E-state index in [2.05, 4.69) is 10.6 Å². The minimum atomic E-state index is -0.265. The van der Waals surface area contributed by atoms with Gasteiger partial charge in [-0.15, -0.1) is 11.3 Å². The van der Waals surface area contributed by atoms with E-state index in [4.69, 9.17) is 0 Å². The van der Waals surface area contributed by atoms with E-state index >= 15 is 0 Å². The molecule has 5 heteroatoms. The highest BCUT2D eigenvalue weighted by Crippen LogP contribution is 2.29. The predicted molar refractivity (Wildman–Crippen MR) is 85.8 cm³/mol. The number of rotatable bonds is 3. The molecule has 21 heavy (non-hydrogen) atoms. The van der Waals surface area contributed by atoms with Gasteiger partial charge >= 0.3 is 6.03 Å². The van der Waals surface area contributed by atoms with E-state index in [0.717, 1.165) is 10.3 Å². The fourth-order valence-corrected chi connectivity index (χ4v) is 2.79. The molecule has 2 amide bonds. The third-order valence-electron chi connectivity index (χ3n) is 3.15. The number of aromatic hydroxyl groups is 1. The molecule has 1 heterocycles. The molecule has 0 radical (unpaired) electrons. The standard InChI is InChI=1S/C16H14N2O2S/c19-15-8-2-5-12-13(15)6-1-7-14(12)18-16(20)17-10-11-4-3-9-21-11/h1-9,19H,10H2,(H2,17,18,20). The quantitative estimate of drug-likeness (QED) is 0.686. The van der Waals surface area contributed by atoms with Crippen molar-refractivity contribution in [2.75, 3.05) is 5.32 Å². The maximum Gasteiger partial charge on any atom is 0.319 e. The molecular weight excluding hydrogens is 284 g/mol. The van der Waals surface area contributed by atoms with Gasteiger partial charge in [0.05, 0.1) is 12.2 Å². The van der Waals surface area contributed by atoms with Crippen LogP contribution in [0.5, 0.6) is 5.75 Å². The fraction of sp³-hybridized carbons (Fsp3) is 0.0625. The largest absolute Gasteiger partial charge is 0.507 e. The second-order valence-electron chi connectivity index (χ2n) is 4.56. The monoisotopic (exact) mass is 298 g/mol. The van der Waals surface area contributed by atoms with Crippen molar-refractivity contribution in [1.29, 1.82) is 0 Å². The van der Waals surface area contributed by atoms with Crippen LogP contribution in [0, 0.1) is 0 Å². The van der Waals surface area contributed by atoms with Crippen LogP contribution in [-0.4, -0.2) is 11.1 Å². The molecule has 0 aliphatic carbocycles. The first-order valence-corrected chi connectivity index (χ1v) is 7.40. The number of thiophene rings is 1. The van der Waals surface area contributed by atoms with Crippen LogP contribution in [0.1, 0.15) is 4.88 Å². The Morgan fingerprint density at radius 3 is 2.67 bits per heavy atom. The van der Waals surface area contributed by atoms with Gasteiger partial charge in [-0.1, -0.05) is 30.3 Å². The summed E-state index contributed by atoms with van der Waals surface area (Å²) in [5.41, 5.74) is 0.673. The van der Waals surface area contributed by atoms with Crippen LogP contribution in [0.15, 0.2) is 53.9 Å². The Morgan fingerprint density at radius 1 is 1.05 bits per heavy atom. The van der Waals surface area contributed by atoms with Crippen molar-refractivity contribution in [3.05, 3.63) is 58.8 Å². The Morgan fingerprint density at radius 2 is 1.86 bits per heavy atom. The van der Waals surface area contributed by atoms with Crippen LogP contribution in [0.2, 0.25) is 0 Å². The molecule has 106 valence electrons. The Balaban J connectivity index is 1.75. The Bertz CT molecular complexity index is 769. The molecule has 0 atom stereocenters. The maximum atomic E-state index is 12.0. The molecular formula is C16H14N2O2S. The highest BCUT2D eigenvalue weighted by atomic mass is 32.1. The lowest BCUT2D eigenvalue weighted by atomic mass is 10.1. The molecule has 0 unspecified atom stereocenters. The molecule has 0 aliphatic heterocycles. The average Bonchev–Trinajstić information content (AvgIpc) is 3.00. The smallest absolute Gasteiger partial charge is 0.319 e. The van der Waals surface area contributed by atoms with Gasteiger partial charge in [0.1, 0.15) is 5.75 Å². The number of phenols is 1. The van der Waals surface area contributed by atoms with Crippen molar-refractivity contribution >= 4 is 33.8 Å². The number of anilines is 1. The third kappa shape index (κ3) is 2.98. The van der Waals surface area contributed by atoms with Crippen molar-refractivity contribution in [1.82, 2.24) is 5.32 Å². The summed E-state index contributed by atoms with van der Waals surface area (Å²) in [7, 11) is 0. The number of hydrogen-bond acceptors (Lipinski definition) is 3. The SMILES string of the molecule is O=C(NCc1cccs1)Nc1cccc2c(O)cccc12. The molecule has 0 aliphatic rings. The van der Waals surface area contributed by atoms with E-state index in [9.17, 15) is 9.90 Å². The van der Waals surface area contributed by atoms with Crippen molar-refractivity contribution < 1.29 is 9.90 Å². The molecule has 3 rings (SSSR count). The first-order chi connectivity index (χ1) is 10.2. The minimum Gasteiger partial charge on any atom is -0.507 e. The number of carbonyl (C=O) groups is 1. The van der Waals surface area contributed by atoms with Crippen molar-refractivity contribution in [3.63, 3.8) is 0 Å². The number of carbonyl (C=O) groups excluding carboxylic acids is 1. The second-order valence-corrected chi connectivity index (χ2v) is 5.60. The van der Waals surface area contributed by atoms with E-state index in [1.807, 2.05) is 35.7 Å². The highest BCUT2D eigenvalue weighted by molar-refractivity contribution is 7.09. The summed E-state index contributed by atoms with van der Waals surface area (Å²) >= 11 is 1.60. The Kier molecular flexibility index (Phi) is 3.75. The molecule has 0 saturated carbocycles. The average molecular weight is 298 g/mol. The summed E-state index contributed by atoms with van der Waals surface area (Å²) in [5.74, 6) is 0.204. The Labute approximate surface area is 126 Å². The third-order valence-corrected chi connectivity index (χ3v) is 4.03. The molecule has 0 fully saturated rings. The maximum absolute atomic E-state index is 12.0. The highest BCUT2D eigenvalue weighted by Gasteiger charge is 2.07. The summed E-state index contributed by atoms with van der Waals surface area (Å²) < 4.78 is 0. The molecule has 1 aromatic heterocycles. The first kappa shape index (κ1) is 13.5. The van der Waals surface area contributed by atoms with Gasteiger partial charge in [-0.25, -0.2) is 4.79 Å². The van der Waals surface area contributed by atoms with Crippen LogP contribution in [-0.2, 0) is 6.54 Å². The molecule has 4 nitrogen and oxygen atoms in total. The summed E-state index contributed by atoms with van der Waals surface area (Å²) in [4.78, 5) is 13.1. The van der Waals surface area contributed by atoms with Crippen molar-refractivity contribution in [2.24, 2.45) is 0 Å². The lowest BCUT2D eigenvalue weighted by Crippen LogP contribution is -2.27. The summed E-state index contributed by atoms with van der Waals surface area (Å²) in [6.45, 7) is 0.500. The zero-order chi connectivity index (χ0) is 14.7. The van der Waals surface area contributed by atoms with E-state index in [0.29, 0.717) is 17.6 Å². The minimum absolute atomic E-state index is 0.204. The number of hydrogen-bond donors (Lipinski definition) is 3. The van der Waals surface area contributed by atoms with E-state index in [1.165, 1.54) is 0 Å². The summed E-state index contributed by atoms with van der Waals surface area (Å²) in [5, 5.41) is 19.0. The van der Waals surface area contributed by atoms with E-state index < -0.39 is 0 Å². The van der Waals surface area contributed by atoms with E-state index in [-0.39, 0.29) is 11.8 Å². The van der Waals surface area contributed by atoms with Gasteiger partial charge in [0, 0.05) is 15.6 Å². The molecule has 0 saturated heterocycles. The number of phenolic OH excluding ortho intramolecular Hbond substituents is 1. The number of nitrogens with one attached hydrogen (secondary N) is 2. The zero-order valence-electron chi connectivity index (χ0n) is 11.2. The molecule has 0 bridgehead atoms. The van der Waals surface area contributed by atoms with Gasteiger partial charge in [0.15, 0.2) is 0 Å². The van der Waals surface area contributed by atoms with Gasteiger partial charge in [0.25, 0.3) is 0 Å². The number of amides is 2. The number of urea groups is 1. The van der Waals surface area contributed by atoms with Crippen LogP contribution in [0.3, 0.4) is 0 Å².